The number of nitrogens with zero attached hydrogens (tertiary/aromatic N) is 1. The quantitative estimate of drug-likeness (QED) is 0.691. The second-order valence-electron chi connectivity index (χ2n) is 7.36. The molecule has 1 heterocycles. The van der Waals surface area contributed by atoms with Crippen LogP contribution in [0.15, 0.2) is 60.7 Å². The maximum atomic E-state index is 12.7. The molecule has 0 spiro atoms. The van der Waals surface area contributed by atoms with Gasteiger partial charge in [-0.1, -0.05) is 61.0 Å². The lowest BCUT2D eigenvalue weighted by Crippen LogP contribution is -2.43. The number of rotatable bonds is 6. The fourth-order valence-corrected chi connectivity index (χ4v) is 3.73. The van der Waals surface area contributed by atoms with Gasteiger partial charge >= 0.3 is 0 Å². The minimum atomic E-state index is -0.0569. The third-order valence-electron chi connectivity index (χ3n) is 5.39. The standard InChI is InChI=1S/C24H27ClN2O2/c1-2-22(19-9-11-21(25)12-10-19)26-24(29)20-14-16-27(17-15-20)23(28)13-8-18-6-4-3-5-7-18/h3-13,20,22H,2,14-17H2,1H3,(H,26,29). The van der Waals surface area contributed by atoms with Crippen molar-refractivity contribution < 1.29 is 9.59 Å². The number of halogens is 1. The summed E-state index contributed by atoms with van der Waals surface area (Å²) < 4.78 is 0. The van der Waals surface area contributed by atoms with Crippen molar-refractivity contribution in [3.05, 3.63) is 76.8 Å². The maximum Gasteiger partial charge on any atom is 0.246 e. The summed E-state index contributed by atoms with van der Waals surface area (Å²) in [5.74, 6) is 0.0116. The molecule has 2 aromatic carbocycles. The summed E-state index contributed by atoms with van der Waals surface area (Å²) in [4.78, 5) is 27.0. The molecular weight excluding hydrogens is 384 g/mol. The first kappa shape index (κ1) is 21.1. The Morgan fingerprint density at radius 3 is 2.38 bits per heavy atom. The zero-order valence-corrected chi connectivity index (χ0v) is 17.4. The number of benzene rings is 2. The van der Waals surface area contributed by atoms with Crippen molar-refractivity contribution in [2.45, 2.75) is 32.2 Å². The van der Waals surface area contributed by atoms with Crippen LogP contribution in [0.2, 0.25) is 5.02 Å². The summed E-state index contributed by atoms with van der Waals surface area (Å²) in [6, 6.07) is 17.4. The molecule has 0 bridgehead atoms. The Kier molecular flexibility index (Phi) is 7.48. The summed E-state index contributed by atoms with van der Waals surface area (Å²) in [5.41, 5.74) is 2.06. The molecule has 1 N–H and O–H groups in total. The second-order valence-corrected chi connectivity index (χ2v) is 7.80. The molecule has 0 radical (unpaired) electrons. The third kappa shape index (κ3) is 5.94. The van der Waals surface area contributed by atoms with Crippen LogP contribution in [0.3, 0.4) is 0 Å². The van der Waals surface area contributed by atoms with Gasteiger partial charge in [-0.3, -0.25) is 9.59 Å². The van der Waals surface area contributed by atoms with E-state index < -0.39 is 0 Å². The van der Waals surface area contributed by atoms with Crippen molar-refractivity contribution in [1.82, 2.24) is 10.2 Å². The van der Waals surface area contributed by atoms with Gasteiger partial charge in [-0.15, -0.1) is 0 Å². The van der Waals surface area contributed by atoms with E-state index in [-0.39, 0.29) is 23.8 Å². The molecule has 1 atom stereocenters. The van der Waals surface area contributed by atoms with Gasteiger partial charge in [0.05, 0.1) is 6.04 Å². The largest absolute Gasteiger partial charge is 0.349 e. The summed E-state index contributed by atoms with van der Waals surface area (Å²) >= 11 is 5.96. The molecule has 152 valence electrons. The highest BCUT2D eigenvalue weighted by Crippen LogP contribution is 2.23. The van der Waals surface area contributed by atoms with E-state index in [0.29, 0.717) is 31.0 Å². The van der Waals surface area contributed by atoms with Crippen LogP contribution in [0.1, 0.15) is 43.4 Å². The average Bonchev–Trinajstić information content (AvgIpc) is 2.77. The molecule has 3 rings (SSSR count). The summed E-state index contributed by atoms with van der Waals surface area (Å²) in [7, 11) is 0. The minimum absolute atomic E-state index is 0.000287. The Bertz CT molecular complexity index is 841. The monoisotopic (exact) mass is 410 g/mol. The van der Waals surface area contributed by atoms with Crippen LogP contribution in [0, 0.1) is 5.92 Å². The van der Waals surface area contributed by atoms with Crippen LogP contribution >= 0.6 is 11.6 Å². The molecule has 1 aliphatic rings. The molecule has 5 heteroatoms. The first-order valence-corrected chi connectivity index (χ1v) is 10.5. The number of hydrogen-bond donors (Lipinski definition) is 1. The molecule has 1 aliphatic heterocycles. The highest BCUT2D eigenvalue weighted by Gasteiger charge is 2.27. The van der Waals surface area contributed by atoms with E-state index in [9.17, 15) is 9.59 Å². The van der Waals surface area contributed by atoms with Crippen molar-refractivity contribution in [3.63, 3.8) is 0 Å². The van der Waals surface area contributed by atoms with E-state index in [1.54, 1.807) is 6.08 Å². The first-order valence-electron chi connectivity index (χ1n) is 10.1. The minimum Gasteiger partial charge on any atom is -0.349 e. The number of likely N-dealkylation sites (tertiary alicyclic amines) is 1. The number of piperidine rings is 1. The highest BCUT2D eigenvalue weighted by molar-refractivity contribution is 6.30. The van der Waals surface area contributed by atoms with Crippen LogP contribution in [0.25, 0.3) is 6.08 Å². The van der Waals surface area contributed by atoms with Gasteiger partial charge in [0, 0.05) is 30.1 Å². The number of carbonyl (C=O) groups excluding carboxylic acids is 2. The number of nitrogens with one attached hydrogen (secondary N) is 1. The fourth-order valence-electron chi connectivity index (χ4n) is 3.60. The Labute approximate surface area is 177 Å². The van der Waals surface area contributed by atoms with Crippen LogP contribution < -0.4 is 5.32 Å². The van der Waals surface area contributed by atoms with Crippen molar-refractivity contribution in [2.75, 3.05) is 13.1 Å². The molecule has 2 aromatic rings. The average molecular weight is 411 g/mol. The van der Waals surface area contributed by atoms with Crippen LogP contribution in [-0.4, -0.2) is 29.8 Å². The molecule has 1 fully saturated rings. The second kappa shape index (κ2) is 10.3. The molecule has 1 unspecified atom stereocenters. The lowest BCUT2D eigenvalue weighted by Gasteiger charge is -2.31. The summed E-state index contributed by atoms with van der Waals surface area (Å²) in [6.07, 6.45) is 5.64. The molecule has 0 aromatic heterocycles. The van der Waals surface area contributed by atoms with Crippen molar-refractivity contribution >= 4 is 29.5 Å². The summed E-state index contributed by atoms with van der Waals surface area (Å²) in [5, 5.41) is 3.85. The van der Waals surface area contributed by atoms with Gasteiger partial charge in [-0.2, -0.15) is 0 Å². The van der Waals surface area contributed by atoms with Crippen LogP contribution in [0.4, 0.5) is 0 Å². The molecule has 0 saturated carbocycles. The van der Waals surface area contributed by atoms with E-state index in [0.717, 1.165) is 17.5 Å². The Balaban J connectivity index is 1.50. The van der Waals surface area contributed by atoms with E-state index in [2.05, 4.69) is 12.2 Å². The van der Waals surface area contributed by atoms with E-state index in [4.69, 9.17) is 11.6 Å². The SMILES string of the molecule is CCC(NC(=O)C1CCN(C(=O)C=Cc2ccccc2)CC1)c1ccc(Cl)cc1. The topological polar surface area (TPSA) is 49.4 Å². The van der Waals surface area contributed by atoms with Crippen molar-refractivity contribution in [2.24, 2.45) is 5.92 Å². The zero-order chi connectivity index (χ0) is 20.6. The number of carbonyl (C=O) groups is 2. The number of hydrogen-bond acceptors (Lipinski definition) is 2. The van der Waals surface area contributed by atoms with Gasteiger partial charge in [-0.25, -0.2) is 0 Å². The lowest BCUT2D eigenvalue weighted by molar-refractivity contribution is -0.132. The van der Waals surface area contributed by atoms with Crippen molar-refractivity contribution in [1.29, 1.82) is 0 Å². The van der Waals surface area contributed by atoms with Gasteiger partial charge in [0.2, 0.25) is 11.8 Å². The lowest BCUT2D eigenvalue weighted by atomic mass is 9.94. The maximum absolute atomic E-state index is 12.7. The van der Waals surface area contributed by atoms with Gasteiger partial charge in [0.25, 0.3) is 0 Å². The molecule has 1 saturated heterocycles. The number of amides is 2. The van der Waals surface area contributed by atoms with Gasteiger partial charge in [-0.05, 0) is 48.6 Å². The Morgan fingerprint density at radius 2 is 1.76 bits per heavy atom. The molecule has 4 nitrogen and oxygen atoms in total. The van der Waals surface area contributed by atoms with Crippen molar-refractivity contribution in [3.8, 4) is 0 Å². The smallest absolute Gasteiger partial charge is 0.246 e. The van der Waals surface area contributed by atoms with E-state index in [1.807, 2.05) is 65.6 Å². The summed E-state index contributed by atoms with van der Waals surface area (Å²) in [6.45, 7) is 3.27. The van der Waals surface area contributed by atoms with Crippen LogP contribution in [-0.2, 0) is 9.59 Å². The molecule has 0 aliphatic carbocycles. The Morgan fingerprint density at radius 1 is 1.10 bits per heavy atom. The molecule has 29 heavy (non-hydrogen) atoms. The van der Waals surface area contributed by atoms with Crippen LogP contribution in [0.5, 0.6) is 0 Å². The normalized spacial score (nSPS) is 16.0. The molecule has 2 amide bonds. The molecular formula is C24H27ClN2O2. The predicted octanol–water partition coefficient (Wildman–Crippen LogP) is 4.86. The predicted molar refractivity (Wildman–Crippen MR) is 117 cm³/mol. The zero-order valence-electron chi connectivity index (χ0n) is 16.7. The third-order valence-corrected chi connectivity index (χ3v) is 5.64. The fraction of sp³-hybridized carbons (Fsp3) is 0.333. The van der Waals surface area contributed by atoms with E-state index >= 15 is 0 Å². The van der Waals surface area contributed by atoms with E-state index in [1.165, 1.54) is 0 Å². The first-order chi connectivity index (χ1) is 14.1. The van der Waals surface area contributed by atoms with Gasteiger partial charge in [0.1, 0.15) is 0 Å². The highest BCUT2D eigenvalue weighted by atomic mass is 35.5. The van der Waals surface area contributed by atoms with Gasteiger partial charge < -0.3 is 10.2 Å². The van der Waals surface area contributed by atoms with Gasteiger partial charge in [0.15, 0.2) is 0 Å². The Hall–Kier alpha value is -2.59.